The fourth-order valence-corrected chi connectivity index (χ4v) is 3.11. The Morgan fingerprint density at radius 3 is 2.84 bits per heavy atom. The number of aryl methyl sites for hydroxylation is 1. The molecule has 7 nitrogen and oxygen atoms in total. The zero-order valence-electron chi connectivity index (χ0n) is 14.6. The third-order valence-corrected chi connectivity index (χ3v) is 4.25. The minimum Gasteiger partial charge on any atom is -0.351 e. The molecule has 1 unspecified atom stereocenters. The van der Waals surface area contributed by atoms with E-state index in [0.29, 0.717) is 25.5 Å². The van der Waals surface area contributed by atoms with E-state index in [1.165, 1.54) is 11.1 Å². The van der Waals surface area contributed by atoms with Crippen LogP contribution in [0.5, 0.6) is 0 Å². The van der Waals surface area contributed by atoms with Gasteiger partial charge in [-0.1, -0.05) is 29.5 Å². The fraction of sp³-hybridized carbons (Fsp3) is 0.500. The first-order valence-electron chi connectivity index (χ1n) is 8.73. The monoisotopic (exact) mass is 344 g/mol. The number of carbonyl (C=O) groups is 1. The van der Waals surface area contributed by atoms with Gasteiger partial charge in [0.2, 0.25) is 0 Å². The zero-order chi connectivity index (χ0) is 17.6. The predicted octanol–water partition coefficient (Wildman–Crippen LogP) is 2.09. The number of hydrogen-bond acceptors (Lipinski definition) is 5. The van der Waals surface area contributed by atoms with Crippen molar-refractivity contribution in [3.8, 4) is 0 Å². The highest BCUT2D eigenvalue weighted by atomic mass is 16.7. The fourth-order valence-electron chi connectivity index (χ4n) is 3.11. The number of hydrogen-bond donors (Lipinski definition) is 1. The molecule has 0 saturated carbocycles. The highest BCUT2D eigenvalue weighted by molar-refractivity contribution is 5.92. The topological polar surface area (TPSA) is 78.3 Å². The number of fused-ring (bicyclic) bond motifs is 1. The van der Waals surface area contributed by atoms with E-state index >= 15 is 0 Å². The average molecular weight is 344 g/mol. The van der Waals surface area contributed by atoms with Gasteiger partial charge in [0.1, 0.15) is 0 Å². The van der Waals surface area contributed by atoms with E-state index in [1.807, 2.05) is 26.0 Å². The van der Waals surface area contributed by atoms with Gasteiger partial charge in [0.05, 0.1) is 18.8 Å². The molecule has 0 fully saturated rings. The first-order valence-corrected chi connectivity index (χ1v) is 8.73. The van der Waals surface area contributed by atoms with Crippen LogP contribution >= 0.6 is 0 Å². The number of ether oxygens (including phenoxy) is 2. The largest absolute Gasteiger partial charge is 0.351 e. The van der Waals surface area contributed by atoms with Crippen molar-refractivity contribution < 1.29 is 14.3 Å². The summed E-state index contributed by atoms with van der Waals surface area (Å²) in [5.41, 5.74) is 2.79. The van der Waals surface area contributed by atoms with Gasteiger partial charge in [0, 0.05) is 13.2 Å². The van der Waals surface area contributed by atoms with Crippen LogP contribution in [0.15, 0.2) is 30.5 Å². The quantitative estimate of drug-likeness (QED) is 0.742. The minimum atomic E-state index is -0.394. The van der Waals surface area contributed by atoms with Crippen LogP contribution in [0.1, 0.15) is 47.9 Å². The summed E-state index contributed by atoms with van der Waals surface area (Å²) >= 11 is 0. The summed E-state index contributed by atoms with van der Waals surface area (Å²) in [6.45, 7) is 5.31. The Labute approximate surface area is 147 Å². The van der Waals surface area contributed by atoms with Gasteiger partial charge >= 0.3 is 0 Å². The van der Waals surface area contributed by atoms with E-state index in [4.69, 9.17) is 9.47 Å². The maximum absolute atomic E-state index is 12.5. The summed E-state index contributed by atoms with van der Waals surface area (Å²) in [6.07, 6.45) is 3.13. The molecule has 7 heteroatoms. The number of benzene rings is 1. The highest BCUT2D eigenvalue weighted by Crippen LogP contribution is 2.30. The second kappa shape index (κ2) is 8.22. The van der Waals surface area contributed by atoms with Crippen LogP contribution < -0.4 is 5.32 Å². The van der Waals surface area contributed by atoms with Crippen LogP contribution in [0.25, 0.3) is 0 Å². The van der Waals surface area contributed by atoms with Crippen LogP contribution in [0.4, 0.5) is 0 Å². The molecule has 0 bridgehead atoms. The minimum absolute atomic E-state index is 0.0356. The van der Waals surface area contributed by atoms with Crippen molar-refractivity contribution in [2.75, 3.05) is 13.2 Å². The summed E-state index contributed by atoms with van der Waals surface area (Å²) in [5, 5.41) is 11.0. The van der Waals surface area contributed by atoms with Crippen LogP contribution in [0, 0.1) is 0 Å². The Morgan fingerprint density at radius 2 is 2.08 bits per heavy atom. The molecule has 1 amide bonds. The predicted molar refractivity (Wildman–Crippen MR) is 92.0 cm³/mol. The van der Waals surface area contributed by atoms with Crippen molar-refractivity contribution in [2.24, 2.45) is 0 Å². The summed E-state index contributed by atoms with van der Waals surface area (Å²) in [7, 11) is 0. The molecule has 2 aromatic rings. The van der Waals surface area contributed by atoms with Crippen LogP contribution in [0.3, 0.4) is 0 Å². The van der Waals surface area contributed by atoms with Crippen molar-refractivity contribution in [1.82, 2.24) is 20.3 Å². The van der Waals surface area contributed by atoms with Gasteiger partial charge in [0.15, 0.2) is 12.0 Å². The van der Waals surface area contributed by atoms with E-state index in [1.54, 1.807) is 10.9 Å². The molecule has 134 valence electrons. The molecular weight excluding hydrogens is 320 g/mol. The lowest BCUT2D eigenvalue weighted by atomic mass is 10.1. The second-order valence-corrected chi connectivity index (χ2v) is 5.93. The molecule has 1 heterocycles. The summed E-state index contributed by atoms with van der Waals surface area (Å²) < 4.78 is 12.6. The Bertz CT molecular complexity index is 710. The molecule has 1 aliphatic carbocycles. The summed E-state index contributed by atoms with van der Waals surface area (Å²) in [6, 6.07) is 8.25. The van der Waals surface area contributed by atoms with Crippen molar-refractivity contribution in [2.45, 2.75) is 45.6 Å². The molecule has 3 rings (SSSR count). The first-order chi connectivity index (χ1) is 12.2. The number of aromatic nitrogens is 3. The van der Waals surface area contributed by atoms with Crippen molar-refractivity contribution in [3.05, 3.63) is 47.3 Å². The van der Waals surface area contributed by atoms with Crippen LogP contribution in [0.2, 0.25) is 0 Å². The number of carbonyl (C=O) groups excluding carboxylic acids is 1. The molecule has 1 aliphatic rings. The smallest absolute Gasteiger partial charge is 0.273 e. The molecule has 1 atom stereocenters. The number of rotatable bonds is 8. The normalized spacial score (nSPS) is 16.2. The molecule has 0 spiro atoms. The van der Waals surface area contributed by atoms with Crippen molar-refractivity contribution in [3.63, 3.8) is 0 Å². The van der Waals surface area contributed by atoms with E-state index in [-0.39, 0.29) is 11.9 Å². The molecule has 1 aromatic carbocycles. The van der Waals surface area contributed by atoms with Crippen molar-refractivity contribution >= 4 is 5.91 Å². The van der Waals surface area contributed by atoms with Gasteiger partial charge in [-0.3, -0.25) is 4.79 Å². The number of nitrogens with one attached hydrogen (secondary N) is 1. The Balaban J connectivity index is 1.61. The number of amides is 1. The maximum atomic E-state index is 12.5. The molecule has 1 N–H and O–H groups in total. The van der Waals surface area contributed by atoms with E-state index < -0.39 is 6.29 Å². The maximum Gasteiger partial charge on any atom is 0.273 e. The van der Waals surface area contributed by atoms with Crippen LogP contribution in [-0.2, 0) is 22.4 Å². The summed E-state index contributed by atoms with van der Waals surface area (Å²) in [5.74, 6) is -0.211. The lowest BCUT2D eigenvalue weighted by Gasteiger charge is -2.16. The molecule has 25 heavy (non-hydrogen) atoms. The molecule has 0 aliphatic heterocycles. The Kier molecular flexibility index (Phi) is 5.78. The van der Waals surface area contributed by atoms with E-state index in [0.717, 1.165) is 12.8 Å². The highest BCUT2D eigenvalue weighted by Gasteiger charge is 2.25. The van der Waals surface area contributed by atoms with Gasteiger partial charge in [0.25, 0.3) is 5.91 Å². The first kappa shape index (κ1) is 17.6. The number of nitrogens with zero attached hydrogens (tertiary/aromatic N) is 3. The molecule has 0 radical (unpaired) electrons. The third-order valence-electron chi connectivity index (χ3n) is 4.25. The summed E-state index contributed by atoms with van der Waals surface area (Å²) in [4.78, 5) is 12.5. The Hall–Kier alpha value is -2.25. The average Bonchev–Trinajstić information content (AvgIpc) is 3.23. The van der Waals surface area contributed by atoms with E-state index in [9.17, 15) is 4.79 Å². The van der Waals surface area contributed by atoms with Gasteiger partial charge in [-0.25, -0.2) is 4.68 Å². The zero-order valence-corrected chi connectivity index (χ0v) is 14.6. The SMILES string of the molecule is CCOC(Cn1cc(C(=O)NC2CCc3ccccc32)nn1)OCC. The molecule has 1 aromatic heterocycles. The van der Waals surface area contributed by atoms with Gasteiger partial charge < -0.3 is 14.8 Å². The van der Waals surface area contributed by atoms with E-state index in [2.05, 4.69) is 27.8 Å². The second-order valence-electron chi connectivity index (χ2n) is 5.93. The third kappa shape index (κ3) is 4.24. The lowest BCUT2D eigenvalue weighted by molar-refractivity contribution is -0.145. The van der Waals surface area contributed by atoms with Gasteiger partial charge in [-0.15, -0.1) is 5.10 Å². The van der Waals surface area contributed by atoms with Crippen LogP contribution in [-0.4, -0.2) is 40.4 Å². The van der Waals surface area contributed by atoms with Gasteiger partial charge in [-0.2, -0.15) is 0 Å². The molecule has 0 saturated heterocycles. The molecular formula is C18H24N4O3. The Morgan fingerprint density at radius 1 is 1.32 bits per heavy atom. The lowest BCUT2D eigenvalue weighted by Crippen LogP contribution is -2.27. The van der Waals surface area contributed by atoms with Crippen molar-refractivity contribution in [1.29, 1.82) is 0 Å². The standard InChI is InChI=1S/C18H24N4O3/c1-3-24-17(25-4-2)12-22-11-16(20-21-22)18(23)19-15-10-9-13-7-5-6-8-14(13)15/h5-8,11,15,17H,3-4,9-10,12H2,1-2H3,(H,19,23). The van der Waals surface area contributed by atoms with Gasteiger partial charge in [-0.05, 0) is 37.8 Å².